The van der Waals surface area contributed by atoms with Crippen LogP contribution in [0.3, 0.4) is 0 Å². The maximum atomic E-state index is 5.22. The molecular weight excluding hydrogens is 126 g/mol. The number of piperidine rings is 1. The zero-order chi connectivity index (χ0) is 7.56. The second kappa shape index (κ2) is 3.01. The van der Waals surface area contributed by atoms with E-state index in [-0.39, 0.29) is 0 Å². The van der Waals surface area contributed by atoms with Crippen molar-refractivity contribution in [1.29, 1.82) is 0 Å². The largest absolute Gasteiger partial charge is 0.323 e. The van der Waals surface area contributed by atoms with Crippen molar-refractivity contribution < 1.29 is 0 Å². The summed E-state index contributed by atoms with van der Waals surface area (Å²) < 4.78 is 0. The van der Waals surface area contributed by atoms with Crippen LogP contribution in [0.5, 0.6) is 0 Å². The molecule has 0 aromatic heterocycles. The Morgan fingerprint density at radius 2 is 2.30 bits per heavy atom. The van der Waals surface area contributed by atoms with Crippen LogP contribution in [-0.2, 0) is 0 Å². The Bertz CT molecular complexity index is 142. The minimum Gasteiger partial charge on any atom is -0.323 e. The van der Waals surface area contributed by atoms with E-state index in [1.165, 1.54) is 0 Å². The summed E-state index contributed by atoms with van der Waals surface area (Å²) >= 11 is 0. The molecule has 58 valence electrons. The number of nitrogens with one attached hydrogen (secondary N) is 1. The minimum absolute atomic E-state index is 0.515. The normalized spacial score (nSPS) is 38.4. The summed E-state index contributed by atoms with van der Waals surface area (Å²) in [6.45, 7) is 5.30. The van der Waals surface area contributed by atoms with Crippen molar-refractivity contribution >= 4 is 5.71 Å². The maximum absolute atomic E-state index is 5.22. The summed E-state index contributed by atoms with van der Waals surface area (Å²) in [5.74, 6) is 5.73. The lowest BCUT2D eigenvalue weighted by Crippen LogP contribution is -2.41. The van der Waals surface area contributed by atoms with Gasteiger partial charge in [0.25, 0.3) is 0 Å². The molecule has 1 heterocycles. The molecule has 0 bridgehead atoms. The van der Waals surface area contributed by atoms with E-state index >= 15 is 0 Å². The first-order valence-electron chi connectivity index (χ1n) is 3.74. The zero-order valence-corrected chi connectivity index (χ0v) is 6.59. The summed E-state index contributed by atoms with van der Waals surface area (Å²) in [6.07, 6.45) is 0.998. The van der Waals surface area contributed by atoms with E-state index in [0.717, 1.165) is 18.7 Å². The lowest BCUT2D eigenvalue weighted by atomic mass is 9.95. The molecule has 1 aliphatic heterocycles. The van der Waals surface area contributed by atoms with E-state index in [1.54, 1.807) is 0 Å². The van der Waals surface area contributed by atoms with E-state index in [1.807, 2.05) is 0 Å². The molecule has 0 aromatic rings. The van der Waals surface area contributed by atoms with Crippen LogP contribution >= 0.6 is 0 Å². The number of hydrazone groups is 1. The molecule has 0 aliphatic carbocycles. The summed E-state index contributed by atoms with van der Waals surface area (Å²) in [5.41, 5.74) is 1.14. The highest BCUT2D eigenvalue weighted by atomic mass is 15.1. The van der Waals surface area contributed by atoms with Crippen LogP contribution in [0.15, 0.2) is 5.10 Å². The minimum atomic E-state index is 0.515. The quantitative estimate of drug-likeness (QED) is 0.377. The Morgan fingerprint density at radius 1 is 1.60 bits per heavy atom. The molecule has 3 N–H and O–H groups in total. The molecule has 3 heteroatoms. The van der Waals surface area contributed by atoms with Crippen LogP contribution in [0, 0.1) is 5.92 Å². The van der Waals surface area contributed by atoms with Crippen LogP contribution < -0.4 is 11.2 Å². The van der Waals surface area contributed by atoms with E-state index in [4.69, 9.17) is 5.84 Å². The average molecular weight is 141 g/mol. The number of hydrogen-bond acceptors (Lipinski definition) is 3. The maximum Gasteiger partial charge on any atom is 0.0432 e. The molecule has 0 radical (unpaired) electrons. The van der Waals surface area contributed by atoms with Crippen LogP contribution in [0.25, 0.3) is 0 Å². The van der Waals surface area contributed by atoms with Crippen LogP contribution in [-0.4, -0.2) is 18.3 Å². The van der Waals surface area contributed by atoms with Gasteiger partial charge in [0.1, 0.15) is 0 Å². The Morgan fingerprint density at radius 3 is 2.80 bits per heavy atom. The third-order valence-electron chi connectivity index (χ3n) is 2.02. The lowest BCUT2D eigenvalue weighted by molar-refractivity contribution is 0.481. The summed E-state index contributed by atoms with van der Waals surface area (Å²) in [5, 5.41) is 7.12. The molecule has 2 unspecified atom stereocenters. The van der Waals surface area contributed by atoms with Crippen LogP contribution in [0.2, 0.25) is 0 Å². The highest BCUT2D eigenvalue weighted by Gasteiger charge is 2.19. The fraction of sp³-hybridized carbons (Fsp3) is 0.857. The van der Waals surface area contributed by atoms with Gasteiger partial charge in [0.15, 0.2) is 0 Å². The Balaban J connectivity index is 2.54. The van der Waals surface area contributed by atoms with Gasteiger partial charge in [0, 0.05) is 30.6 Å². The Labute approximate surface area is 61.7 Å². The van der Waals surface area contributed by atoms with Gasteiger partial charge < -0.3 is 11.2 Å². The van der Waals surface area contributed by atoms with E-state index in [0.29, 0.717) is 12.0 Å². The molecule has 1 fully saturated rings. The highest BCUT2D eigenvalue weighted by molar-refractivity contribution is 5.87. The van der Waals surface area contributed by atoms with Crippen molar-refractivity contribution in [3.8, 4) is 0 Å². The van der Waals surface area contributed by atoms with Crippen molar-refractivity contribution in [3.63, 3.8) is 0 Å². The van der Waals surface area contributed by atoms with Crippen molar-refractivity contribution in [2.24, 2.45) is 16.9 Å². The van der Waals surface area contributed by atoms with Crippen molar-refractivity contribution in [3.05, 3.63) is 0 Å². The first-order chi connectivity index (χ1) is 4.74. The molecule has 1 saturated heterocycles. The number of rotatable bonds is 0. The topological polar surface area (TPSA) is 50.4 Å². The fourth-order valence-electron chi connectivity index (χ4n) is 1.26. The Kier molecular flexibility index (Phi) is 2.27. The second-order valence-electron chi connectivity index (χ2n) is 3.03. The molecule has 1 rings (SSSR count). The third-order valence-corrected chi connectivity index (χ3v) is 2.02. The molecule has 0 spiro atoms. The molecular formula is C7H15N3. The zero-order valence-electron chi connectivity index (χ0n) is 6.59. The van der Waals surface area contributed by atoms with Gasteiger partial charge in [0.2, 0.25) is 0 Å². The highest BCUT2D eigenvalue weighted by Crippen LogP contribution is 2.09. The van der Waals surface area contributed by atoms with Gasteiger partial charge in [-0.2, -0.15) is 5.10 Å². The van der Waals surface area contributed by atoms with Gasteiger partial charge in [-0.3, -0.25) is 0 Å². The molecule has 3 nitrogen and oxygen atoms in total. The SMILES string of the molecule is CC1C/C(=N\N)C(C)CN1. The fourth-order valence-corrected chi connectivity index (χ4v) is 1.26. The van der Waals surface area contributed by atoms with Gasteiger partial charge in [-0.15, -0.1) is 0 Å². The summed E-state index contributed by atoms with van der Waals surface area (Å²) in [4.78, 5) is 0. The standard InChI is InChI=1S/C7H15N3/c1-5-4-9-6(2)3-7(5)10-8/h5-6,9H,3-4,8H2,1-2H3/b10-7+. The molecule has 2 atom stereocenters. The molecule has 10 heavy (non-hydrogen) atoms. The lowest BCUT2D eigenvalue weighted by Gasteiger charge is -2.26. The molecule has 1 aliphatic rings. The third kappa shape index (κ3) is 1.48. The average Bonchev–Trinajstić information content (AvgIpc) is 1.94. The number of nitrogens with zero attached hydrogens (tertiary/aromatic N) is 1. The monoisotopic (exact) mass is 141 g/mol. The Hall–Kier alpha value is -0.570. The van der Waals surface area contributed by atoms with Gasteiger partial charge in [-0.05, 0) is 6.92 Å². The van der Waals surface area contributed by atoms with Crippen molar-refractivity contribution in [1.82, 2.24) is 5.32 Å². The van der Waals surface area contributed by atoms with E-state index < -0.39 is 0 Å². The molecule has 0 saturated carbocycles. The summed E-state index contributed by atoms with van der Waals surface area (Å²) in [6, 6.07) is 0.540. The second-order valence-corrected chi connectivity index (χ2v) is 3.03. The predicted octanol–water partition coefficient (Wildman–Crippen LogP) is 0.319. The molecule has 0 amide bonds. The van der Waals surface area contributed by atoms with Crippen LogP contribution in [0.1, 0.15) is 20.3 Å². The summed E-state index contributed by atoms with van der Waals surface area (Å²) in [7, 11) is 0. The van der Waals surface area contributed by atoms with Crippen LogP contribution in [0.4, 0.5) is 0 Å². The van der Waals surface area contributed by atoms with Gasteiger partial charge >= 0.3 is 0 Å². The van der Waals surface area contributed by atoms with Crippen molar-refractivity contribution in [2.75, 3.05) is 6.54 Å². The molecule has 0 aromatic carbocycles. The van der Waals surface area contributed by atoms with Gasteiger partial charge in [-0.1, -0.05) is 6.92 Å². The van der Waals surface area contributed by atoms with E-state index in [2.05, 4.69) is 24.3 Å². The predicted molar refractivity (Wildman–Crippen MR) is 42.9 cm³/mol. The van der Waals surface area contributed by atoms with E-state index in [9.17, 15) is 0 Å². The van der Waals surface area contributed by atoms with Gasteiger partial charge in [-0.25, -0.2) is 0 Å². The van der Waals surface area contributed by atoms with Gasteiger partial charge in [0.05, 0.1) is 0 Å². The number of hydrogen-bond donors (Lipinski definition) is 2. The first-order valence-corrected chi connectivity index (χ1v) is 3.74. The van der Waals surface area contributed by atoms with Crippen molar-refractivity contribution in [2.45, 2.75) is 26.3 Å². The smallest absolute Gasteiger partial charge is 0.0432 e. The first kappa shape index (κ1) is 7.54. The number of nitrogens with two attached hydrogens (primary N) is 1.